The first-order chi connectivity index (χ1) is 12.8. The molecule has 0 aliphatic heterocycles. The van der Waals surface area contributed by atoms with Crippen LogP contribution in [-0.4, -0.2) is 41.3 Å². The number of rotatable bonds is 8. The third-order valence-corrected chi connectivity index (χ3v) is 3.96. The van der Waals surface area contributed by atoms with Gasteiger partial charge in [-0.3, -0.25) is 9.59 Å². The second-order valence-corrected chi connectivity index (χ2v) is 8.39. The molecule has 0 aliphatic carbocycles. The van der Waals surface area contributed by atoms with E-state index in [0.717, 1.165) is 5.56 Å². The molecule has 8 nitrogen and oxygen atoms in total. The van der Waals surface area contributed by atoms with Gasteiger partial charge in [-0.2, -0.15) is 0 Å². The smallest absolute Gasteiger partial charge is 0.407 e. The Bertz CT molecular complexity index is 693. The van der Waals surface area contributed by atoms with Gasteiger partial charge in [0.1, 0.15) is 5.60 Å². The molecule has 0 saturated heterocycles. The second-order valence-electron chi connectivity index (χ2n) is 8.39. The summed E-state index contributed by atoms with van der Waals surface area (Å²) >= 11 is 0. The van der Waals surface area contributed by atoms with E-state index in [4.69, 9.17) is 10.5 Å². The zero-order valence-electron chi connectivity index (χ0n) is 17.2. The maximum atomic E-state index is 12.2. The lowest BCUT2D eigenvalue weighted by Gasteiger charge is -2.28. The minimum absolute atomic E-state index is 0.103. The van der Waals surface area contributed by atoms with Gasteiger partial charge in [-0.05, 0) is 65.2 Å². The number of carboxylic acid groups (broad SMARTS) is 1. The number of benzene rings is 1. The molecule has 5 N–H and O–H groups in total. The molecule has 2 amide bonds. The summed E-state index contributed by atoms with van der Waals surface area (Å²) in [5, 5.41) is 14.9. The fraction of sp³-hybridized carbons (Fsp3) is 0.550. The Hall–Kier alpha value is -2.61. The average Bonchev–Trinajstić information content (AvgIpc) is 2.54. The van der Waals surface area contributed by atoms with E-state index >= 15 is 0 Å². The molecule has 0 aliphatic rings. The van der Waals surface area contributed by atoms with E-state index in [9.17, 15) is 19.5 Å². The Labute approximate surface area is 165 Å². The van der Waals surface area contributed by atoms with Crippen LogP contribution in [0.5, 0.6) is 0 Å². The lowest BCUT2D eigenvalue weighted by Crippen LogP contribution is -2.43. The summed E-state index contributed by atoms with van der Waals surface area (Å²) in [6.45, 7) is 8.41. The third-order valence-electron chi connectivity index (χ3n) is 3.96. The molecule has 1 rings (SSSR count). The summed E-state index contributed by atoms with van der Waals surface area (Å²) < 4.78 is 5.30. The number of carboxylic acids is 1. The Morgan fingerprint density at radius 1 is 1.11 bits per heavy atom. The minimum atomic E-state index is -1.02. The Morgan fingerprint density at radius 3 is 2.14 bits per heavy atom. The molecule has 1 unspecified atom stereocenters. The topological polar surface area (TPSA) is 131 Å². The van der Waals surface area contributed by atoms with E-state index in [1.165, 1.54) is 0 Å². The number of ether oxygens (including phenoxy) is 1. The summed E-state index contributed by atoms with van der Waals surface area (Å²) in [6, 6.07) is 6.64. The number of hydrogen-bond donors (Lipinski definition) is 4. The summed E-state index contributed by atoms with van der Waals surface area (Å²) in [4.78, 5) is 35.0. The van der Waals surface area contributed by atoms with Crippen molar-refractivity contribution in [2.24, 2.45) is 11.1 Å². The van der Waals surface area contributed by atoms with Gasteiger partial charge in [0.2, 0.25) is 5.91 Å². The zero-order valence-corrected chi connectivity index (χ0v) is 17.2. The SMILES string of the molecule is CC(C)(C)OC(=O)NC(Cc1ccc(NC(=O)CN)cc1)CC(C)(C)C(=O)O. The highest BCUT2D eigenvalue weighted by molar-refractivity contribution is 5.92. The number of alkyl carbamates (subject to hydrolysis) is 1. The van der Waals surface area contributed by atoms with Crippen molar-refractivity contribution in [2.45, 2.75) is 59.1 Å². The normalized spacial score (nSPS) is 12.8. The van der Waals surface area contributed by atoms with E-state index in [-0.39, 0.29) is 18.9 Å². The Kier molecular flexibility index (Phi) is 7.99. The van der Waals surface area contributed by atoms with Gasteiger partial charge in [-0.25, -0.2) is 4.79 Å². The molecule has 0 bridgehead atoms. The predicted molar refractivity (Wildman–Crippen MR) is 107 cm³/mol. The number of nitrogens with two attached hydrogens (primary N) is 1. The van der Waals surface area contributed by atoms with E-state index in [0.29, 0.717) is 12.1 Å². The fourth-order valence-corrected chi connectivity index (χ4v) is 2.57. The largest absolute Gasteiger partial charge is 0.481 e. The van der Waals surface area contributed by atoms with Crippen molar-refractivity contribution < 1.29 is 24.2 Å². The van der Waals surface area contributed by atoms with Crippen LogP contribution in [0.2, 0.25) is 0 Å². The van der Waals surface area contributed by atoms with E-state index < -0.39 is 29.1 Å². The van der Waals surface area contributed by atoms with Crippen LogP contribution < -0.4 is 16.4 Å². The van der Waals surface area contributed by atoms with Gasteiger partial charge in [0, 0.05) is 11.7 Å². The standard InChI is InChI=1S/C20H31N3O5/c1-19(2,3)28-18(27)23-15(11-20(4,5)17(25)26)10-13-6-8-14(9-7-13)22-16(24)12-21/h6-9,15H,10-12,21H2,1-5H3,(H,22,24)(H,23,27)(H,25,26). The lowest BCUT2D eigenvalue weighted by molar-refractivity contribution is -0.147. The van der Waals surface area contributed by atoms with Crippen LogP contribution >= 0.6 is 0 Å². The summed E-state index contributed by atoms with van der Waals surface area (Å²) in [5.74, 6) is -1.23. The number of nitrogens with one attached hydrogen (secondary N) is 2. The molecular formula is C20H31N3O5. The summed E-state index contributed by atoms with van der Waals surface area (Å²) in [6.07, 6.45) is 0.0550. The number of aliphatic carboxylic acids is 1. The molecular weight excluding hydrogens is 362 g/mol. The minimum Gasteiger partial charge on any atom is -0.481 e. The van der Waals surface area contributed by atoms with Crippen molar-refractivity contribution in [3.05, 3.63) is 29.8 Å². The van der Waals surface area contributed by atoms with Crippen molar-refractivity contribution in [1.82, 2.24) is 5.32 Å². The number of anilines is 1. The molecule has 1 aromatic rings. The van der Waals surface area contributed by atoms with Gasteiger partial charge >= 0.3 is 12.1 Å². The Balaban J connectivity index is 2.90. The highest BCUT2D eigenvalue weighted by Gasteiger charge is 2.32. The van der Waals surface area contributed by atoms with Crippen LogP contribution in [0, 0.1) is 5.41 Å². The quantitative estimate of drug-likeness (QED) is 0.537. The van der Waals surface area contributed by atoms with Crippen molar-refractivity contribution in [3.8, 4) is 0 Å². The maximum absolute atomic E-state index is 12.2. The first kappa shape index (κ1) is 23.4. The first-order valence-corrected chi connectivity index (χ1v) is 9.14. The average molecular weight is 393 g/mol. The molecule has 0 fully saturated rings. The molecule has 156 valence electrons. The number of amides is 2. The second kappa shape index (κ2) is 9.54. The molecule has 1 atom stereocenters. The van der Waals surface area contributed by atoms with E-state index in [1.807, 2.05) is 12.1 Å². The van der Waals surface area contributed by atoms with Crippen LogP contribution in [0.15, 0.2) is 24.3 Å². The molecule has 1 aromatic carbocycles. The molecule has 0 spiro atoms. The van der Waals surface area contributed by atoms with Crippen molar-refractivity contribution in [1.29, 1.82) is 0 Å². The van der Waals surface area contributed by atoms with Crippen LogP contribution in [0.25, 0.3) is 0 Å². The van der Waals surface area contributed by atoms with Crippen LogP contribution in [0.3, 0.4) is 0 Å². The molecule has 28 heavy (non-hydrogen) atoms. The predicted octanol–water partition coefficient (Wildman–Crippen LogP) is 2.52. The van der Waals surface area contributed by atoms with E-state index in [2.05, 4.69) is 10.6 Å². The van der Waals surface area contributed by atoms with Crippen molar-refractivity contribution >= 4 is 23.7 Å². The molecule has 8 heteroatoms. The molecule has 0 radical (unpaired) electrons. The molecule has 0 saturated carbocycles. The van der Waals surface area contributed by atoms with Crippen molar-refractivity contribution in [3.63, 3.8) is 0 Å². The highest BCUT2D eigenvalue weighted by atomic mass is 16.6. The molecule has 0 aromatic heterocycles. The van der Waals surface area contributed by atoms with Crippen LogP contribution in [0.4, 0.5) is 10.5 Å². The van der Waals surface area contributed by atoms with Gasteiger partial charge < -0.3 is 26.2 Å². The third kappa shape index (κ3) is 8.39. The lowest BCUT2D eigenvalue weighted by atomic mass is 9.84. The van der Waals surface area contributed by atoms with Gasteiger partial charge in [-0.1, -0.05) is 12.1 Å². The monoisotopic (exact) mass is 393 g/mol. The van der Waals surface area contributed by atoms with Crippen LogP contribution in [0.1, 0.15) is 46.6 Å². The number of hydrogen-bond acceptors (Lipinski definition) is 5. The van der Waals surface area contributed by atoms with Crippen molar-refractivity contribution in [2.75, 3.05) is 11.9 Å². The number of carbonyl (C=O) groups is 3. The first-order valence-electron chi connectivity index (χ1n) is 9.14. The van der Waals surface area contributed by atoms with Gasteiger partial charge in [0.25, 0.3) is 0 Å². The van der Waals surface area contributed by atoms with E-state index in [1.54, 1.807) is 46.8 Å². The highest BCUT2D eigenvalue weighted by Crippen LogP contribution is 2.25. The van der Waals surface area contributed by atoms with Gasteiger partial charge in [0.15, 0.2) is 0 Å². The maximum Gasteiger partial charge on any atom is 0.407 e. The van der Waals surface area contributed by atoms with Crippen LogP contribution in [-0.2, 0) is 20.7 Å². The van der Waals surface area contributed by atoms with Gasteiger partial charge in [0.05, 0.1) is 12.0 Å². The summed E-state index contributed by atoms with van der Waals surface area (Å²) in [5.41, 5.74) is 5.10. The zero-order chi connectivity index (χ0) is 21.5. The van der Waals surface area contributed by atoms with Gasteiger partial charge in [-0.15, -0.1) is 0 Å². The Morgan fingerprint density at radius 2 is 1.68 bits per heavy atom. The molecule has 0 heterocycles. The fourth-order valence-electron chi connectivity index (χ4n) is 2.57. The summed E-state index contributed by atoms with van der Waals surface area (Å²) in [7, 11) is 0. The number of carbonyl (C=O) groups excluding carboxylic acids is 2.